The van der Waals surface area contributed by atoms with E-state index in [-0.39, 0.29) is 16.7 Å². The van der Waals surface area contributed by atoms with Crippen molar-refractivity contribution >= 4 is 32.3 Å². The highest BCUT2D eigenvalue weighted by molar-refractivity contribution is 7.90. The molecule has 8 heteroatoms. The van der Waals surface area contributed by atoms with Crippen LogP contribution in [0.3, 0.4) is 0 Å². The third kappa shape index (κ3) is 4.15. The molecule has 0 amide bonds. The van der Waals surface area contributed by atoms with E-state index in [1.807, 2.05) is 0 Å². The van der Waals surface area contributed by atoms with Crippen LogP contribution in [-0.2, 0) is 9.84 Å². The first kappa shape index (κ1) is 12.9. The molecule has 0 saturated heterocycles. The number of anilines is 1. The Bertz CT molecular complexity index is 480. The molecule has 1 heterocycles. The molecule has 0 radical (unpaired) electrons. The Hall–Kier alpha value is -1.15. The Morgan fingerprint density at radius 3 is 2.75 bits per heavy atom. The van der Waals surface area contributed by atoms with Crippen LogP contribution in [0.1, 0.15) is 16.6 Å². The van der Waals surface area contributed by atoms with Crippen LogP contribution in [0.4, 0.5) is 5.13 Å². The second-order valence-electron chi connectivity index (χ2n) is 3.47. The molecule has 1 atom stereocenters. The summed E-state index contributed by atoms with van der Waals surface area (Å²) in [4.78, 5) is 14.5. The zero-order chi connectivity index (χ0) is 12.3. The number of hydrogen-bond donors (Lipinski definition) is 2. The Morgan fingerprint density at radius 2 is 2.31 bits per heavy atom. The molecule has 1 unspecified atom stereocenters. The molecule has 0 aromatic carbocycles. The number of rotatable bonds is 5. The van der Waals surface area contributed by atoms with Crippen LogP contribution in [-0.4, -0.2) is 42.5 Å². The number of carboxylic acids is 1. The van der Waals surface area contributed by atoms with Gasteiger partial charge in [-0.1, -0.05) is 11.3 Å². The fourth-order valence-corrected chi connectivity index (χ4v) is 2.90. The van der Waals surface area contributed by atoms with Gasteiger partial charge in [0.2, 0.25) is 0 Å². The van der Waals surface area contributed by atoms with Crippen molar-refractivity contribution in [1.29, 1.82) is 0 Å². The van der Waals surface area contributed by atoms with E-state index in [0.29, 0.717) is 5.13 Å². The lowest BCUT2D eigenvalue weighted by Gasteiger charge is -2.10. The average Bonchev–Trinajstić information content (AvgIpc) is 2.48. The summed E-state index contributed by atoms with van der Waals surface area (Å²) in [6, 6.07) is -0.303. The number of carbonyl (C=O) groups is 1. The summed E-state index contributed by atoms with van der Waals surface area (Å²) >= 11 is 0.979. The predicted octanol–water partition coefficient (Wildman–Crippen LogP) is 0.686. The smallest absolute Gasteiger partial charge is 0.347 e. The van der Waals surface area contributed by atoms with Gasteiger partial charge in [0, 0.05) is 12.3 Å². The van der Waals surface area contributed by atoms with Crippen molar-refractivity contribution in [2.75, 3.05) is 17.3 Å². The molecule has 0 aliphatic heterocycles. The second kappa shape index (κ2) is 4.79. The molecule has 2 N–H and O–H groups in total. The molecule has 16 heavy (non-hydrogen) atoms. The summed E-state index contributed by atoms with van der Waals surface area (Å²) in [6.45, 7) is 1.70. The number of carboxylic acid groups (broad SMARTS) is 1. The Balaban J connectivity index is 2.63. The monoisotopic (exact) mass is 264 g/mol. The average molecular weight is 264 g/mol. The highest BCUT2D eigenvalue weighted by Crippen LogP contribution is 2.18. The number of aromatic nitrogens is 1. The van der Waals surface area contributed by atoms with Crippen LogP contribution in [0.2, 0.25) is 0 Å². The van der Waals surface area contributed by atoms with Crippen LogP contribution < -0.4 is 5.32 Å². The van der Waals surface area contributed by atoms with Gasteiger partial charge in [-0.25, -0.2) is 18.2 Å². The SMILES string of the molecule is CC(CS(C)(=O)=O)Nc1ncc(C(=O)O)s1. The third-order valence-electron chi connectivity index (χ3n) is 1.64. The lowest BCUT2D eigenvalue weighted by molar-refractivity contribution is 0.0702. The van der Waals surface area contributed by atoms with Crippen LogP contribution in [0, 0.1) is 0 Å². The summed E-state index contributed by atoms with van der Waals surface area (Å²) in [5, 5.41) is 11.9. The van der Waals surface area contributed by atoms with E-state index in [4.69, 9.17) is 5.11 Å². The summed E-state index contributed by atoms with van der Waals surface area (Å²) in [5.74, 6) is -1.06. The first-order chi connectivity index (χ1) is 7.28. The van der Waals surface area contributed by atoms with Gasteiger partial charge in [0.15, 0.2) is 5.13 Å². The quantitative estimate of drug-likeness (QED) is 0.812. The van der Waals surface area contributed by atoms with Gasteiger partial charge >= 0.3 is 5.97 Å². The van der Waals surface area contributed by atoms with Gasteiger partial charge in [0.25, 0.3) is 0 Å². The zero-order valence-corrected chi connectivity index (χ0v) is 10.4. The maximum Gasteiger partial charge on any atom is 0.347 e. The molecule has 6 nitrogen and oxygen atoms in total. The van der Waals surface area contributed by atoms with Crippen molar-refractivity contribution in [3.8, 4) is 0 Å². The van der Waals surface area contributed by atoms with Crippen molar-refractivity contribution in [3.05, 3.63) is 11.1 Å². The van der Waals surface area contributed by atoms with Gasteiger partial charge in [0.05, 0.1) is 11.9 Å². The van der Waals surface area contributed by atoms with E-state index in [9.17, 15) is 13.2 Å². The molecular weight excluding hydrogens is 252 g/mol. The topological polar surface area (TPSA) is 96.4 Å². The summed E-state index contributed by atoms with van der Waals surface area (Å²) in [5.41, 5.74) is 0. The van der Waals surface area contributed by atoms with E-state index in [0.717, 1.165) is 17.6 Å². The molecule has 90 valence electrons. The first-order valence-electron chi connectivity index (χ1n) is 4.41. The summed E-state index contributed by atoms with van der Waals surface area (Å²) in [6.07, 6.45) is 2.39. The number of aromatic carboxylic acids is 1. The van der Waals surface area contributed by atoms with Crippen LogP contribution in [0.15, 0.2) is 6.20 Å². The minimum atomic E-state index is -3.05. The van der Waals surface area contributed by atoms with Gasteiger partial charge in [-0.3, -0.25) is 0 Å². The summed E-state index contributed by atoms with van der Waals surface area (Å²) in [7, 11) is -3.05. The number of hydrogen-bond acceptors (Lipinski definition) is 6. The molecule has 1 aromatic rings. The van der Waals surface area contributed by atoms with Gasteiger partial charge in [-0.15, -0.1) is 0 Å². The third-order valence-corrected chi connectivity index (χ3v) is 3.66. The molecular formula is C8H12N2O4S2. The number of sulfone groups is 1. The van der Waals surface area contributed by atoms with Crippen molar-refractivity contribution in [2.24, 2.45) is 0 Å². The van der Waals surface area contributed by atoms with Gasteiger partial charge in [-0.05, 0) is 6.92 Å². The molecule has 1 rings (SSSR count). The van der Waals surface area contributed by atoms with Crippen LogP contribution >= 0.6 is 11.3 Å². The molecule has 0 spiro atoms. The van der Waals surface area contributed by atoms with E-state index in [1.54, 1.807) is 6.92 Å². The maximum atomic E-state index is 11.0. The van der Waals surface area contributed by atoms with E-state index >= 15 is 0 Å². The molecule has 0 saturated carbocycles. The van der Waals surface area contributed by atoms with Gasteiger partial charge in [0.1, 0.15) is 14.7 Å². The van der Waals surface area contributed by atoms with Crippen molar-refractivity contribution in [2.45, 2.75) is 13.0 Å². The van der Waals surface area contributed by atoms with Gasteiger partial charge in [-0.2, -0.15) is 0 Å². The molecule has 0 fully saturated rings. The normalized spacial score (nSPS) is 13.4. The predicted molar refractivity (Wildman–Crippen MR) is 61.9 cm³/mol. The maximum absolute atomic E-state index is 11.0. The van der Waals surface area contributed by atoms with E-state index in [1.165, 1.54) is 6.20 Å². The van der Waals surface area contributed by atoms with Crippen molar-refractivity contribution in [1.82, 2.24) is 4.98 Å². The number of nitrogens with one attached hydrogen (secondary N) is 1. The standard InChI is InChI=1S/C8H12N2O4S2/c1-5(4-16(2,13)14)10-8-9-3-6(15-8)7(11)12/h3,5H,4H2,1-2H3,(H,9,10)(H,11,12). The highest BCUT2D eigenvalue weighted by Gasteiger charge is 2.13. The zero-order valence-electron chi connectivity index (χ0n) is 8.80. The molecule has 1 aromatic heterocycles. The highest BCUT2D eigenvalue weighted by atomic mass is 32.2. The fourth-order valence-electron chi connectivity index (χ4n) is 1.15. The number of thiazole rings is 1. The fraction of sp³-hybridized carbons (Fsp3) is 0.500. The first-order valence-corrected chi connectivity index (χ1v) is 7.29. The largest absolute Gasteiger partial charge is 0.477 e. The van der Waals surface area contributed by atoms with E-state index in [2.05, 4.69) is 10.3 Å². The Kier molecular flexibility index (Phi) is 3.87. The Labute approximate surface area is 97.2 Å². The molecule has 0 aliphatic carbocycles. The van der Waals surface area contributed by atoms with Crippen LogP contribution in [0.5, 0.6) is 0 Å². The van der Waals surface area contributed by atoms with E-state index < -0.39 is 15.8 Å². The minimum Gasteiger partial charge on any atom is -0.477 e. The minimum absolute atomic E-state index is 0.0189. The lowest BCUT2D eigenvalue weighted by Crippen LogP contribution is -2.24. The summed E-state index contributed by atoms with van der Waals surface area (Å²) < 4.78 is 22.0. The van der Waals surface area contributed by atoms with Crippen LogP contribution in [0.25, 0.3) is 0 Å². The van der Waals surface area contributed by atoms with Crippen molar-refractivity contribution < 1.29 is 18.3 Å². The van der Waals surface area contributed by atoms with Crippen molar-refractivity contribution in [3.63, 3.8) is 0 Å². The second-order valence-corrected chi connectivity index (χ2v) is 6.69. The number of nitrogens with zero attached hydrogens (tertiary/aromatic N) is 1. The molecule has 0 aliphatic rings. The Morgan fingerprint density at radius 1 is 1.69 bits per heavy atom. The lowest BCUT2D eigenvalue weighted by atomic mass is 10.4. The van der Waals surface area contributed by atoms with Gasteiger partial charge < -0.3 is 10.4 Å². The molecule has 0 bridgehead atoms.